The fourth-order valence-corrected chi connectivity index (χ4v) is 2.71. The van der Waals surface area contributed by atoms with Crippen LogP contribution in [0.4, 0.5) is 4.79 Å². The van der Waals surface area contributed by atoms with Gasteiger partial charge in [-0.05, 0) is 44.7 Å². The van der Waals surface area contributed by atoms with Crippen LogP contribution in [0.3, 0.4) is 0 Å². The normalized spacial score (nSPS) is 20.0. The molecule has 1 saturated heterocycles. The molecule has 8 heteroatoms. The SMILES string of the molecule is CC(C)(C)OC(=O)N1CC[C@H](N=[N+]=[N-])C[C@@H]1C(=O)OCc1ccccc1. The van der Waals surface area contributed by atoms with Crippen molar-refractivity contribution in [1.29, 1.82) is 0 Å². The molecule has 0 saturated carbocycles. The second-order valence-electron chi connectivity index (χ2n) is 7.17. The molecule has 2 rings (SSSR count). The van der Waals surface area contributed by atoms with Gasteiger partial charge in [-0.2, -0.15) is 0 Å². The molecule has 0 spiro atoms. The summed E-state index contributed by atoms with van der Waals surface area (Å²) in [7, 11) is 0. The lowest BCUT2D eigenvalue weighted by atomic mass is 9.98. The van der Waals surface area contributed by atoms with Crippen LogP contribution in [0.5, 0.6) is 0 Å². The maximum Gasteiger partial charge on any atom is 0.411 e. The summed E-state index contributed by atoms with van der Waals surface area (Å²) in [5, 5.41) is 3.70. The minimum absolute atomic E-state index is 0.116. The maximum absolute atomic E-state index is 12.6. The number of nitrogens with zero attached hydrogens (tertiary/aromatic N) is 4. The Morgan fingerprint density at radius 3 is 2.62 bits per heavy atom. The van der Waals surface area contributed by atoms with E-state index in [0.717, 1.165) is 5.56 Å². The number of hydrogen-bond donors (Lipinski definition) is 0. The zero-order chi connectivity index (χ0) is 19.2. The molecule has 1 heterocycles. The molecule has 1 amide bonds. The van der Waals surface area contributed by atoms with Crippen molar-refractivity contribution in [1.82, 2.24) is 4.90 Å². The van der Waals surface area contributed by atoms with E-state index in [1.807, 2.05) is 30.3 Å². The number of carbonyl (C=O) groups is 2. The van der Waals surface area contributed by atoms with Gasteiger partial charge in [0.25, 0.3) is 0 Å². The van der Waals surface area contributed by atoms with Crippen molar-refractivity contribution in [3.05, 3.63) is 46.3 Å². The van der Waals surface area contributed by atoms with Crippen molar-refractivity contribution >= 4 is 12.1 Å². The lowest BCUT2D eigenvalue weighted by Crippen LogP contribution is -2.52. The summed E-state index contributed by atoms with van der Waals surface area (Å²) < 4.78 is 10.8. The topological polar surface area (TPSA) is 105 Å². The molecule has 8 nitrogen and oxygen atoms in total. The van der Waals surface area contributed by atoms with Gasteiger partial charge in [0.2, 0.25) is 0 Å². The quantitative estimate of drug-likeness (QED) is 0.352. The Hall–Kier alpha value is -2.73. The van der Waals surface area contributed by atoms with Gasteiger partial charge in [0.15, 0.2) is 0 Å². The third kappa shape index (κ3) is 5.67. The predicted octanol–water partition coefficient (Wildman–Crippen LogP) is 3.81. The number of hydrogen-bond acceptors (Lipinski definition) is 5. The van der Waals surface area contributed by atoms with Gasteiger partial charge >= 0.3 is 12.1 Å². The van der Waals surface area contributed by atoms with Crippen molar-refractivity contribution in [3.8, 4) is 0 Å². The second kappa shape index (κ2) is 8.58. The maximum atomic E-state index is 12.6. The highest BCUT2D eigenvalue weighted by molar-refractivity contribution is 5.82. The Labute approximate surface area is 152 Å². The van der Waals surface area contributed by atoms with Gasteiger partial charge in [-0.15, -0.1) is 0 Å². The smallest absolute Gasteiger partial charge is 0.411 e. The molecule has 0 N–H and O–H groups in total. The highest BCUT2D eigenvalue weighted by Gasteiger charge is 2.39. The van der Waals surface area contributed by atoms with Crippen molar-refractivity contribution in [2.45, 2.75) is 57.9 Å². The average molecular weight is 360 g/mol. The fraction of sp³-hybridized carbons (Fsp3) is 0.556. The lowest BCUT2D eigenvalue weighted by molar-refractivity contribution is -0.152. The first-order valence-corrected chi connectivity index (χ1v) is 8.54. The van der Waals surface area contributed by atoms with E-state index in [1.165, 1.54) is 4.90 Å². The Morgan fingerprint density at radius 1 is 1.31 bits per heavy atom. The van der Waals surface area contributed by atoms with Gasteiger partial charge in [-0.3, -0.25) is 4.90 Å². The number of rotatable bonds is 4. The predicted molar refractivity (Wildman–Crippen MR) is 95.1 cm³/mol. The summed E-state index contributed by atoms with van der Waals surface area (Å²) in [5.41, 5.74) is 8.84. The molecule has 1 aromatic rings. The van der Waals surface area contributed by atoms with Gasteiger partial charge in [-0.1, -0.05) is 35.4 Å². The average Bonchev–Trinajstić information content (AvgIpc) is 2.59. The summed E-state index contributed by atoms with van der Waals surface area (Å²) in [5.74, 6) is -0.530. The van der Waals surface area contributed by atoms with E-state index >= 15 is 0 Å². The molecular weight excluding hydrogens is 336 g/mol. The van der Waals surface area contributed by atoms with Crippen LogP contribution in [-0.4, -0.2) is 41.2 Å². The molecule has 0 aromatic heterocycles. The van der Waals surface area contributed by atoms with E-state index in [4.69, 9.17) is 15.0 Å². The number of likely N-dealkylation sites (tertiary alicyclic amines) is 1. The van der Waals surface area contributed by atoms with Crippen LogP contribution in [0.1, 0.15) is 39.2 Å². The molecule has 26 heavy (non-hydrogen) atoms. The molecule has 0 bridgehead atoms. The first kappa shape index (κ1) is 19.6. The molecule has 1 aliphatic rings. The number of piperidine rings is 1. The number of amides is 1. The molecule has 1 aliphatic heterocycles. The molecule has 1 fully saturated rings. The molecule has 0 aliphatic carbocycles. The van der Waals surface area contributed by atoms with Crippen molar-refractivity contribution in [2.75, 3.05) is 6.54 Å². The molecule has 0 radical (unpaired) electrons. The second-order valence-corrected chi connectivity index (χ2v) is 7.17. The Balaban J connectivity index is 2.09. The van der Waals surface area contributed by atoms with Crippen LogP contribution in [0.2, 0.25) is 0 Å². The van der Waals surface area contributed by atoms with Gasteiger partial charge < -0.3 is 9.47 Å². The third-order valence-electron chi connectivity index (χ3n) is 3.91. The Bertz CT molecular complexity index is 680. The standard InChI is InChI=1S/C18H24N4O4/c1-18(2,3)26-17(24)22-10-9-14(20-21-19)11-15(22)16(23)25-12-13-7-5-4-6-8-13/h4-8,14-15H,9-12H2,1-3H3/t14-,15+/m0/s1. The highest BCUT2D eigenvalue weighted by Crippen LogP contribution is 2.24. The molecule has 0 unspecified atom stereocenters. The number of azide groups is 1. The van der Waals surface area contributed by atoms with Crippen LogP contribution in [-0.2, 0) is 20.9 Å². The number of ether oxygens (including phenoxy) is 2. The van der Waals surface area contributed by atoms with Crippen LogP contribution >= 0.6 is 0 Å². The van der Waals surface area contributed by atoms with E-state index in [9.17, 15) is 9.59 Å². The van der Waals surface area contributed by atoms with Crippen LogP contribution in [0, 0.1) is 0 Å². The minimum atomic E-state index is -0.835. The van der Waals surface area contributed by atoms with Crippen molar-refractivity contribution in [3.63, 3.8) is 0 Å². The van der Waals surface area contributed by atoms with E-state index in [2.05, 4.69) is 10.0 Å². The molecular formula is C18H24N4O4. The highest BCUT2D eigenvalue weighted by atomic mass is 16.6. The van der Waals surface area contributed by atoms with Crippen molar-refractivity contribution < 1.29 is 19.1 Å². The monoisotopic (exact) mass is 360 g/mol. The Morgan fingerprint density at radius 2 is 2.00 bits per heavy atom. The van der Waals surface area contributed by atoms with Crippen molar-refractivity contribution in [2.24, 2.45) is 5.11 Å². The third-order valence-corrected chi connectivity index (χ3v) is 3.91. The van der Waals surface area contributed by atoms with Crippen LogP contribution < -0.4 is 0 Å². The van der Waals surface area contributed by atoms with Gasteiger partial charge in [0, 0.05) is 17.5 Å². The summed E-state index contributed by atoms with van der Waals surface area (Å²) >= 11 is 0. The minimum Gasteiger partial charge on any atom is -0.459 e. The van der Waals surface area contributed by atoms with Gasteiger partial charge in [-0.25, -0.2) is 9.59 Å². The number of esters is 1. The first-order chi connectivity index (χ1) is 12.3. The largest absolute Gasteiger partial charge is 0.459 e. The zero-order valence-corrected chi connectivity index (χ0v) is 15.3. The summed E-state index contributed by atoms with van der Waals surface area (Å²) in [6.45, 7) is 5.68. The van der Waals surface area contributed by atoms with Crippen LogP contribution in [0.25, 0.3) is 10.4 Å². The van der Waals surface area contributed by atoms with E-state index in [-0.39, 0.29) is 25.6 Å². The number of carbonyl (C=O) groups excluding carboxylic acids is 2. The number of benzene rings is 1. The van der Waals surface area contributed by atoms with Gasteiger partial charge in [0.05, 0.1) is 0 Å². The first-order valence-electron chi connectivity index (χ1n) is 8.54. The molecule has 2 atom stereocenters. The summed E-state index contributed by atoms with van der Waals surface area (Å²) in [6.07, 6.45) is 0.126. The molecule has 140 valence electrons. The van der Waals surface area contributed by atoms with E-state index in [0.29, 0.717) is 6.42 Å². The molecule has 1 aromatic carbocycles. The van der Waals surface area contributed by atoms with E-state index < -0.39 is 23.7 Å². The fourth-order valence-electron chi connectivity index (χ4n) is 2.71. The van der Waals surface area contributed by atoms with Crippen LogP contribution in [0.15, 0.2) is 35.4 Å². The zero-order valence-electron chi connectivity index (χ0n) is 15.3. The lowest BCUT2D eigenvalue weighted by Gasteiger charge is -2.37. The van der Waals surface area contributed by atoms with E-state index in [1.54, 1.807) is 20.8 Å². The Kier molecular flexibility index (Phi) is 6.46. The van der Waals surface area contributed by atoms with Gasteiger partial charge in [0.1, 0.15) is 18.2 Å². The summed E-state index contributed by atoms with van der Waals surface area (Å²) in [6, 6.07) is 8.10. The summed E-state index contributed by atoms with van der Waals surface area (Å²) in [4.78, 5) is 29.2.